The maximum atomic E-state index is 12.0. The zero-order valence-corrected chi connectivity index (χ0v) is 13.8. The van der Waals surface area contributed by atoms with Crippen LogP contribution in [0.1, 0.15) is 16.3 Å². The van der Waals surface area contributed by atoms with Gasteiger partial charge in [-0.2, -0.15) is 0 Å². The molecule has 3 rings (SSSR count). The normalized spacial score (nSPS) is 15.5. The van der Waals surface area contributed by atoms with Crippen LogP contribution in [-0.4, -0.2) is 42.1 Å². The van der Waals surface area contributed by atoms with Crippen molar-refractivity contribution < 1.29 is 9.53 Å². The minimum Gasteiger partial charge on any atom is -0.379 e. The Kier molecular flexibility index (Phi) is 5.74. The number of benzene rings is 1. The minimum atomic E-state index is 0.0288. The van der Waals surface area contributed by atoms with E-state index in [0.717, 1.165) is 49.1 Å². The van der Waals surface area contributed by atoms with Crippen molar-refractivity contribution in [3.05, 3.63) is 52.0 Å². The van der Waals surface area contributed by atoms with Gasteiger partial charge < -0.3 is 10.1 Å². The van der Waals surface area contributed by atoms with Crippen LogP contribution in [0.3, 0.4) is 0 Å². The Labute approximate surface area is 140 Å². The first-order valence-corrected chi connectivity index (χ1v) is 8.71. The number of carbonyl (C=O) groups excluding carboxylic acids is 1. The molecule has 1 aliphatic rings. The van der Waals surface area contributed by atoms with Crippen molar-refractivity contribution in [1.29, 1.82) is 0 Å². The average Bonchev–Trinajstić information content (AvgIpc) is 3.02. The van der Waals surface area contributed by atoms with Gasteiger partial charge in [0, 0.05) is 25.0 Å². The quantitative estimate of drug-likeness (QED) is 0.877. The molecule has 1 saturated heterocycles. The van der Waals surface area contributed by atoms with Crippen molar-refractivity contribution in [3.8, 4) is 0 Å². The summed E-state index contributed by atoms with van der Waals surface area (Å²) < 4.78 is 5.35. The molecule has 0 atom stereocenters. The largest absolute Gasteiger partial charge is 0.379 e. The molecule has 1 aliphatic heterocycles. The minimum absolute atomic E-state index is 0.0288. The van der Waals surface area contributed by atoms with Crippen molar-refractivity contribution in [1.82, 2.24) is 15.2 Å². The maximum Gasteiger partial charge on any atom is 0.224 e. The van der Waals surface area contributed by atoms with Gasteiger partial charge in [-0.15, -0.1) is 11.3 Å². The standard InChI is InChI=1S/C17H21N3O2S/c21-16(10-14-4-2-1-3-5-14)18-11-17-19-15(13-23-17)12-20-6-8-22-9-7-20/h1-5,13H,6-12H2,(H,18,21). The lowest BCUT2D eigenvalue weighted by molar-refractivity contribution is -0.120. The first kappa shape index (κ1) is 16.1. The molecule has 122 valence electrons. The second-order valence-corrected chi connectivity index (χ2v) is 6.50. The summed E-state index contributed by atoms with van der Waals surface area (Å²) >= 11 is 1.60. The fourth-order valence-electron chi connectivity index (χ4n) is 2.51. The summed E-state index contributed by atoms with van der Waals surface area (Å²) in [5.74, 6) is 0.0288. The Morgan fingerprint density at radius 2 is 2.04 bits per heavy atom. The number of thiazole rings is 1. The summed E-state index contributed by atoms with van der Waals surface area (Å²) in [6.45, 7) is 4.87. The molecular weight excluding hydrogens is 310 g/mol. The zero-order chi connectivity index (χ0) is 15.9. The third-order valence-electron chi connectivity index (χ3n) is 3.73. The predicted molar refractivity (Wildman–Crippen MR) is 90.2 cm³/mol. The second-order valence-electron chi connectivity index (χ2n) is 5.56. The molecule has 5 nitrogen and oxygen atoms in total. The van der Waals surface area contributed by atoms with Gasteiger partial charge in [-0.25, -0.2) is 4.98 Å². The van der Waals surface area contributed by atoms with E-state index in [9.17, 15) is 4.79 Å². The van der Waals surface area contributed by atoms with Crippen LogP contribution in [-0.2, 0) is 29.0 Å². The highest BCUT2D eigenvalue weighted by molar-refractivity contribution is 7.09. The number of morpholine rings is 1. The number of hydrogen-bond donors (Lipinski definition) is 1. The molecule has 2 aromatic rings. The fourth-order valence-corrected chi connectivity index (χ4v) is 3.23. The molecule has 0 saturated carbocycles. The molecule has 1 N–H and O–H groups in total. The Morgan fingerprint density at radius 3 is 2.83 bits per heavy atom. The molecule has 1 fully saturated rings. The summed E-state index contributed by atoms with van der Waals surface area (Å²) in [6, 6.07) is 9.77. The number of ether oxygens (including phenoxy) is 1. The van der Waals surface area contributed by atoms with Crippen molar-refractivity contribution >= 4 is 17.2 Å². The van der Waals surface area contributed by atoms with E-state index in [1.54, 1.807) is 11.3 Å². The number of rotatable bonds is 6. The van der Waals surface area contributed by atoms with Crippen LogP contribution in [0.4, 0.5) is 0 Å². The van der Waals surface area contributed by atoms with Crippen molar-refractivity contribution in [3.63, 3.8) is 0 Å². The van der Waals surface area contributed by atoms with E-state index < -0.39 is 0 Å². The summed E-state index contributed by atoms with van der Waals surface area (Å²) in [5.41, 5.74) is 2.10. The van der Waals surface area contributed by atoms with Crippen molar-refractivity contribution in [2.75, 3.05) is 26.3 Å². The Hall–Kier alpha value is -1.76. The third-order valence-corrected chi connectivity index (χ3v) is 4.63. The van der Waals surface area contributed by atoms with E-state index in [0.29, 0.717) is 13.0 Å². The number of aromatic nitrogens is 1. The van der Waals surface area contributed by atoms with E-state index in [1.807, 2.05) is 30.3 Å². The third kappa shape index (κ3) is 5.13. The highest BCUT2D eigenvalue weighted by Gasteiger charge is 2.13. The first-order valence-electron chi connectivity index (χ1n) is 7.83. The monoisotopic (exact) mass is 331 g/mol. The summed E-state index contributed by atoms with van der Waals surface area (Å²) in [7, 11) is 0. The predicted octanol–water partition coefficient (Wildman–Crippen LogP) is 1.83. The van der Waals surface area contributed by atoms with E-state index in [2.05, 4.69) is 20.6 Å². The zero-order valence-electron chi connectivity index (χ0n) is 13.0. The van der Waals surface area contributed by atoms with Gasteiger partial charge >= 0.3 is 0 Å². The second kappa shape index (κ2) is 8.19. The first-order chi connectivity index (χ1) is 11.3. The van der Waals surface area contributed by atoms with Gasteiger partial charge in [0.05, 0.1) is 31.9 Å². The van der Waals surface area contributed by atoms with Crippen LogP contribution in [0, 0.1) is 0 Å². The molecule has 1 amide bonds. The van der Waals surface area contributed by atoms with Crippen LogP contribution in [0.5, 0.6) is 0 Å². The number of carbonyl (C=O) groups is 1. The van der Waals surface area contributed by atoms with Crippen LogP contribution in [0.2, 0.25) is 0 Å². The molecule has 23 heavy (non-hydrogen) atoms. The molecule has 0 aliphatic carbocycles. The molecule has 6 heteroatoms. The lowest BCUT2D eigenvalue weighted by Gasteiger charge is -2.25. The van der Waals surface area contributed by atoms with Gasteiger partial charge in [0.25, 0.3) is 0 Å². The Balaban J connectivity index is 1.44. The van der Waals surface area contributed by atoms with E-state index in [-0.39, 0.29) is 5.91 Å². The smallest absolute Gasteiger partial charge is 0.224 e. The van der Waals surface area contributed by atoms with Gasteiger partial charge in [0.1, 0.15) is 5.01 Å². The van der Waals surface area contributed by atoms with Gasteiger partial charge in [-0.3, -0.25) is 9.69 Å². The van der Waals surface area contributed by atoms with Crippen LogP contribution in [0.15, 0.2) is 35.7 Å². The summed E-state index contributed by atoms with van der Waals surface area (Å²) in [6.07, 6.45) is 0.410. The number of nitrogens with zero attached hydrogens (tertiary/aromatic N) is 2. The molecule has 0 unspecified atom stereocenters. The van der Waals surface area contributed by atoms with Crippen molar-refractivity contribution in [2.45, 2.75) is 19.5 Å². The topological polar surface area (TPSA) is 54.5 Å². The lowest BCUT2D eigenvalue weighted by atomic mass is 10.1. The SMILES string of the molecule is O=C(Cc1ccccc1)NCc1nc(CN2CCOCC2)cs1. The Morgan fingerprint density at radius 1 is 1.26 bits per heavy atom. The molecule has 0 radical (unpaired) electrons. The molecular formula is C17H21N3O2S. The maximum absolute atomic E-state index is 12.0. The highest BCUT2D eigenvalue weighted by atomic mass is 32.1. The molecule has 0 bridgehead atoms. The van der Waals surface area contributed by atoms with Crippen LogP contribution >= 0.6 is 11.3 Å². The van der Waals surface area contributed by atoms with Crippen LogP contribution < -0.4 is 5.32 Å². The van der Waals surface area contributed by atoms with Gasteiger partial charge in [-0.1, -0.05) is 30.3 Å². The Bertz CT molecular complexity index is 624. The van der Waals surface area contributed by atoms with E-state index in [1.165, 1.54) is 0 Å². The molecule has 0 spiro atoms. The summed E-state index contributed by atoms with van der Waals surface area (Å²) in [4.78, 5) is 18.9. The number of hydrogen-bond acceptors (Lipinski definition) is 5. The number of amides is 1. The van der Waals surface area contributed by atoms with E-state index >= 15 is 0 Å². The van der Waals surface area contributed by atoms with Crippen molar-refractivity contribution in [2.24, 2.45) is 0 Å². The van der Waals surface area contributed by atoms with Gasteiger partial charge in [-0.05, 0) is 5.56 Å². The molecule has 2 heterocycles. The molecule has 1 aromatic carbocycles. The van der Waals surface area contributed by atoms with Crippen LogP contribution in [0.25, 0.3) is 0 Å². The van der Waals surface area contributed by atoms with E-state index in [4.69, 9.17) is 4.74 Å². The average molecular weight is 331 g/mol. The summed E-state index contributed by atoms with van der Waals surface area (Å²) in [5, 5.41) is 5.97. The fraction of sp³-hybridized carbons (Fsp3) is 0.412. The van der Waals surface area contributed by atoms with Gasteiger partial charge in [0.15, 0.2) is 0 Å². The molecule has 1 aromatic heterocycles. The lowest BCUT2D eigenvalue weighted by Crippen LogP contribution is -2.35. The highest BCUT2D eigenvalue weighted by Crippen LogP contribution is 2.12. The number of nitrogens with one attached hydrogen (secondary N) is 1. The van der Waals surface area contributed by atoms with Gasteiger partial charge in [0.2, 0.25) is 5.91 Å².